The molecule has 2 aliphatic rings. The van der Waals surface area contributed by atoms with Crippen molar-refractivity contribution < 1.29 is 22.7 Å². The third-order valence-electron chi connectivity index (χ3n) is 6.81. The molecular formula is C25H26F4N4O. The fourth-order valence-electron chi connectivity index (χ4n) is 5.20. The van der Waals surface area contributed by atoms with Gasteiger partial charge >= 0.3 is 6.18 Å². The first-order chi connectivity index (χ1) is 16.1. The van der Waals surface area contributed by atoms with Crippen LogP contribution in [0.2, 0.25) is 0 Å². The minimum absolute atomic E-state index is 0.0803. The van der Waals surface area contributed by atoms with Crippen molar-refractivity contribution in [3.63, 3.8) is 0 Å². The third kappa shape index (κ3) is 3.96. The number of aryl methyl sites for hydroxylation is 2. The first kappa shape index (κ1) is 22.8. The number of hydrogen-bond donors (Lipinski definition) is 2. The SMILES string of the molecule is Cc1nc(NC(C)c2cccc(C(F)(F)F)c2F)c2cc(N3CCC(O)C3)c3c(c2n1)CCC3. The van der Waals surface area contributed by atoms with Crippen molar-refractivity contribution in [1.29, 1.82) is 0 Å². The molecule has 2 heterocycles. The number of nitrogens with zero attached hydrogens (tertiary/aromatic N) is 3. The smallest absolute Gasteiger partial charge is 0.391 e. The molecule has 9 heteroatoms. The van der Waals surface area contributed by atoms with E-state index in [0.717, 1.165) is 54.0 Å². The first-order valence-electron chi connectivity index (χ1n) is 11.5. The highest BCUT2D eigenvalue weighted by molar-refractivity contribution is 5.96. The second-order valence-electron chi connectivity index (χ2n) is 9.18. The molecule has 2 N–H and O–H groups in total. The monoisotopic (exact) mass is 474 g/mol. The second-order valence-corrected chi connectivity index (χ2v) is 9.18. The summed E-state index contributed by atoms with van der Waals surface area (Å²) in [5.74, 6) is -0.287. The number of benzene rings is 2. The Morgan fingerprint density at radius 2 is 1.94 bits per heavy atom. The molecule has 1 fully saturated rings. The zero-order valence-electron chi connectivity index (χ0n) is 19.0. The molecular weight excluding hydrogens is 448 g/mol. The molecule has 1 aliphatic carbocycles. The van der Waals surface area contributed by atoms with Crippen molar-refractivity contribution in [2.24, 2.45) is 0 Å². The lowest BCUT2D eigenvalue weighted by Gasteiger charge is -2.24. The Hall–Kier alpha value is -2.94. The molecule has 0 bridgehead atoms. The Morgan fingerprint density at radius 1 is 1.18 bits per heavy atom. The van der Waals surface area contributed by atoms with Crippen molar-refractivity contribution in [2.45, 2.75) is 57.9 Å². The lowest BCUT2D eigenvalue weighted by atomic mass is 10.0. The van der Waals surface area contributed by atoms with Crippen molar-refractivity contribution in [3.05, 3.63) is 58.2 Å². The zero-order valence-corrected chi connectivity index (χ0v) is 19.0. The maximum atomic E-state index is 14.8. The summed E-state index contributed by atoms with van der Waals surface area (Å²) in [7, 11) is 0. The molecule has 5 nitrogen and oxygen atoms in total. The first-order valence-corrected chi connectivity index (χ1v) is 11.5. The fraction of sp³-hybridized carbons (Fsp3) is 0.440. The number of nitrogens with one attached hydrogen (secondary N) is 1. The maximum absolute atomic E-state index is 14.8. The Balaban J connectivity index is 1.59. The summed E-state index contributed by atoms with van der Waals surface area (Å²) in [5.41, 5.74) is 2.90. The molecule has 1 aromatic heterocycles. The van der Waals surface area contributed by atoms with Gasteiger partial charge in [-0.1, -0.05) is 12.1 Å². The van der Waals surface area contributed by atoms with Crippen LogP contribution in [0.5, 0.6) is 0 Å². The Bertz CT molecular complexity index is 1260. The van der Waals surface area contributed by atoms with Crippen LogP contribution in [0.25, 0.3) is 10.9 Å². The number of aromatic nitrogens is 2. The van der Waals surface area contributed by atoms with Gasteiger partial charge in [-0.05, 0) is 62.8 Å². The van der Waals surface area contributed by atoms with E-state index in [2.05, 4.69) is 15.2 Å². The average Bonchev–Trinajstić information content (AvgIpc) is 3.42. The number of alkyl halides is 3. The Labute approximate surface area is 194 Å². The van der Waals surface area contributed by atoms with Crippen LogP contribution in [0.15, 0.2) is 24.3 Å². The summed E-state index contributed by atoms with van der Waals surface area (Å²) >= 11 is 0. The third-order valence-corrected chi connectivity index (χ3v) is 6.81. The molecule has 0 spiro atoms. The molecule has 2 atom stereocenters. The van der Waals surface area contributed by atoms with Crippen LogP contribution >= 0.6 is 0 Å². The standard InChI is InChI=1S/C25H26F4N4O/c1-13(16-5-4-8-20(22(16)26)25(27,28)29)30-24-19-11-21(33-10-9-15(34)12-33)17-6-3-7-18(17)23(19)31-14(2)32-24/h4-5,8,11,13,15,34H,3,6-7,9-10,12H2,1-2H3,(H,30,31,32). The molecule has 1 aliphatic heterocycles. The highest BCUT2D eigenvalue weighted by atomic mass is 19.4. The maximum Gasteiger partial charge on any atom is 0.419 e. The van der Waals surface area contributed by atoms with Crippen LogP contribution in [0.4, 0.5) is 29.1 Å². The molecule has 0 saturated carbocycles. The van der Waals surface area contributed by atoms with E-state index < -0.39 is 23.6 Å². The molecule has 1 saturated heterocycles. The Morgan fingerprint density at radius 3 is 2.65 bits per heavy atom. The fourth-order valence-corrected chi connectivity index (χ4v) is 5.20. The van der Waals surface area contributed by atoms with Crippen LogP contribution < -0.4 is 10.2 Å². The number of aliphatic hydroxyl groups excluding tert-OH is 1. The van der Waals surface area contributed by atoms with E-state index in [9.17, 15) is 22.7 Å². The topological polar surface area (TPSA) is 61.3 Å². The van der Waals surface area contributed by atoms with Gasteiger partial charge in [-0.2, -0.15) is 13.2 Å². The van der Waals surface area contributed by atoms with Gasteiger partial charge < -0.3 is 15.3 Å². The summed E-state index contributed by atoms with van der Waals surface area (Å²) in [6.07, 6.45) is -1.62. The molecule has 3 aromatic rings. The highest BCUT2D eigenvalue weighted by Crippen LogP contribution is 2.41. The molecule has 180 valence electrons. The van der Waals surface area contributed by atoms with Gasteiger partial charge in [0.25, 0.3) is 0 Å². The highest BCUT2D eigenvalue weighted by Gasteiger charge is 2.35. The summed E-state index contributed by atoms with van der Waals surface area (Å²) in [6.45, 7) is 4.69. The number of aliphatic hydroxyl groups is 1. The second kappa shape index (κ2) is 8.37. The van der Waals surface area contributed by atoms with E-state index in [4.69, 9.17) is 4.98 Å². The van der Waals surface area contributed by atoms with Crippen LogP contribution in [-0.2, 0) is 19.0 Å². The predicted molar refractivity (Wildman–Crippen MR) is 123 cm³/mol. The van der Waals surface area contributed by atoms with E-state index in [1.807, 2.05) is 6.07 Å². The van der Waals surface area contributed by atoms with Crippen molar-refractivity contribution in [3.8, 4) is 0 Å². The van der Waals surface area contributed by atoms with Crippen molar-refractivity contribution in [2.75, 3.05) is 23.3 Å². The lowest BCUT2D eigenvalue weighted by molar-refractivity contribution is -0.140. The number of β-amino-alcohol motifs (C(OH)–C–C–N with tert-alkyl or cyclic N) is 1. The van der Waals surface area contributed by atoms with Crippen molar-refractivity contribution >= 4 is 22.4 Å². The van der Waals surface area contributed by atoms with E-state index in [0.29, 0.717) is 24.6 Å². The number of halogens is 4. The van der Waals surface area contributed by atoms with Gasteiger partial charge in [-0.3, -0.25) is 0 Å². The van der Waals surface area contributed by atoms with Gasteiger partial charge in [0.2, 0.25) is 0 Å². The van der Waals surface area contributed by atoms with E-state index in [-0.39, 0.29) is 11.7 Å². The average molecular weight is 475 g/mol. The molecule has 0 amide bonds. The Kier molecular flexibility index (Phi) is 5.62. The number of hydrogen-bond acceptors (Lipinski definition) is 5. The minimum atomic E-state index is -4.77. The van der Waals surface area contributed by atoms with Gasteiger partial charge in [0.15, 0.2) is 0 Å². The normalized spacial score (nSPS) is 19.0. The van der Waals surface area contributed by atoms with E-state index in [1.165, 1.54) is 17.7 Å². The lowest BCUT2D eigenvalue weighted by Crippen LogP contribution is -2.22. The van der Waals surface area contributed by atoms with Gasteiger partial charge in [0, 0.05) is 29.7 Å². The van der Waals surface area contributed by atoms with E-state index in [1.54, 1.807) is 13.8 Å². The zero-order chi connectivity index (χ0) is 24.2. The molecule has 2 aromatic carbocycles. The number of rotatable bonds is 4. The van der Waals surface area contributed by atoms with Crippen LogP contribution in [0.1, 0.15) is 53.9 Å². The number of anilines is 2. The summed E-state index contributed by atoms with van der Waals surface area (Å²) in [6, 6.07) is 4.56. The predicted octanol–water partition coefficient (Wildman–Crippen LogP) is 5.33. The van der Waals surface area contributed by atoms with Crippen molar-refractivity contribution in [1.82, 2.24) is 9.97 Å². The minimum Gasteiger partial charge on any atom is -0.391 e. The molecule has 0 radical (unpaired) electrons. The van der Waals surface area contributed by atoms with Crippen LogP contribution in [0, 0.1) is 12.7 Å². The largest absolute Gasteiger partial charge is 0.419 e. The summed E-state index contributed by atoms with van der Waals surface area (Å²) < 4.78 is 54.4. The number of fused-ring (bicyclic) bond motifs is 3. The van der Waals surface area contributed by atoms with Gasteiger partial charge in [0.1, 0.15) is 17.5 Å². The van der Waals surface area contributed by atoms with Gasteiger partial charge in [-0.25, -0.2) is 14.4 Å². The molecule has 2 unspecified atom stereocenters. The van der Waals surface area contributed by atoms with Crippen LogP contribution in [0.3, 0.4) is 0 Å². The summed E-state index contributed by atoms with van der Waals surface area (Å²) in [4.78, 5) is 11.4. The van der Waals surface area contributed by atoms with E-state index >= 15 is 0 Å². The van der Waals surface area contributed by atoms with Gasteiger partial charge in [-0.15, -0.1) is 0 Å². The summed E-state index contributed by atoms with van der Waals surface area (Å²) in [5, 5.41) is 14.0. The molecule has 34 heavy (non-hydrogen) atoms. The van der Waals surface area contributed by atoms with Gasteiger partial charge in [0.05, 0.1) is 23.2 Å². The van der Waals surface area contributed by atoms with Crippen LogP contribution in [-0.4, -0.2) is 34.3 Å². The molecule has 5 rings (SSSR count). The quantitative estimate of drug-likeness (QED) is 0.501.